The molecule has 0 amide bonds. The second-order valence-electron chi connectivity index (χ2n) is 3.72. The van der Waals surface area contributed by atoms with Gasteiger partial charge in [0.1, 0.15) is 0 Å². The van der Waals surface area contributed by atoms with E-state index in [0.29, 0.717) is 0 Å². The summed E-state index contributed by atoms with van der Waals surface area (Å²) in [7, 11) is 0. The molecule has 0 bridgehead atoms. The lowest BCUT2D eigenvalue weighted by molar-refractivity contribution is 1.01. The first kappa shape index (κ1) is 11.9. The first-order chi connectivity index (χ1) is 8.81. The van der Waals surface area contributed by atoms with E-state index < -0.39 is 0 Å². The zero-order chi connectivity index (χ0) is 12.8. The van der Waals surface area contributed by atoms with E-state index in [1.165, 1.54) is 0 Å². The van der Waals surface area contributed by atoms with Gasteiger partial charge in [-0.2, -0.15) is 11.3 Å². The third-order valence-electron chi connectivity index (χ3n) is 2.47. The number of nitrogens with zero attached hydrogens (tertiary/aromatic N) is 1. The highest BCUT2D eigenvalue weighted by atomic mass is 15.3. The van der Waals surface area contributed by atoms with E-state index in [9.17, 15) is 0 Å². The Kier molecular flexibility index (Phi) is 3.76. The van der Waals surface area contributed by atoms with Crippen LogP contribution in [0.25, 0.3) is 0 Å². The quantitative estimate of drug-likeness (QED) is 0.233. The molecular weight excluding hydrogens is 224 g/mol. The highest BCUT2D eigenvalue weighted by Gasteiger charge is 2.10. The second-order valence-corrected chi connectivity index (χ2v) is 3.72. The average molecular weight is 239 g/mol. The van der Waals surface area contributed by atoms with Crippen molar-refractivity contribution >= 4 is 11.7 Å². The molecular formula is C14H15N4+. The van der Waals surface area contributed by atoms with Gasteiger partial charge in [-0.3, -0.25) is 5.73 Å². The van der Waals surface area contributed by atoms with Crippen LogP contribution in [0.4, 0.5) is 0 Å². The Morgan fingerprint density at radius 3 is 1.67 bits per heavy atom. The normalized spacial score (nSPS) is 9.39. The van der Waals surface area contributed by atoms with Crippen molar-refractivity contribution in [3.8, 4) is 0 Å². The van der Waals surface area contributed by atoms with Gasteiger partial charge >= 0.3 is 5.96 Å². The molecule has 0 aliphatic carbocycles. The molecule has 2 rings (SSSR count). The van der Waals surface area contributed by atoms with Crippen LogP contribution in [0.2, 0.25) is 0 Å². The summed E-state index contributed by atoms with van der Waals surface area (Å²) in [6.45, 7) is 0. The highest BCUT2D eigenvalue weighted by molar-refractivity contribution is 6.13. The van der Waals surface area contributed by atoms with Gasteiger partial charge < -0.3 is 0 Å². The van der Waals surface area contributed by atoms with Gasteiger partial charge in [-0.1, -0.05) is 60.7 Å². The van der Waals surface area contributed by atoms with Crippen LogP contribution in [-0.4, -0.2) is 11.7 Å². The monoisotopic (exact) mass is 239 g/mol. The highest BCUT2D eigenvalue weighted by Crippen LogP contribution is 2.07. The van der Waals surface area contributed by atoms with Gasteiger partial charge in [0.05, 0.1) is 0 Å². The molecule has 4 heteroatoms. The van der Waals surface area contributed by atoms with Gasteiger partial charge in [-0.25, -0.2) is 4.67 Å². The zero-order valence-electron chi connectivity index (χ0n) is 9.88. The molecule has 2 aromatic carbocycles. The summed E-state index contributed by atoms with van der Waals surface area (Å²) >= 11 is 0. The average Bonchev–Trinajstić information content (AvgIpc) is 2.46. The lowest BCUT2D eigenvalue weighted by Gasteiger charge is -2.00. The molecule has 2 aromatic rings. The van der Waals surface area contributed by atoms with E-state index in [2.05, 4.69) is 10.1 Å². The Bertz CT molecular complexity index is 528. The molecule has 0 aliphatic rings. The fourth-order valence-electron chi connectivity index (χ4n) is 1.64. The topological polar surface area (TPSA) is 78.2 Å². The van der Waals surface area contributed by atoms with E-state index >= 15 is 0 Å². The summed E-state index contributed by atoms with van der Waals surface area (Å²) in [5, 5.41) is 0. The molecule has 4 nitrogen and oxygen atoms in total. The molecule has 0 fully saturated rings. The summed E-state index contributed by atoms with van der Waals surface area (Å²) < 4.78 is 4.31. The molecule has 5 N–H and O–H groups in total. The summed E-state index contributed by atoms with van der Waals surface area (Å²) in [5.41, 5.74) is 10.7. The van der Waals surface area contributed by atoms with E-state index in [-0.39, 0.29) is 5.96 Å². The van der Waals surface area contributed by atoms with Crippen molar-refractivity contribution in [1.29, 1.82) is 0 Å². The summed E-state index contributed by atoms with van der Waals surface area (Å²) in [4.78, 5) is 0. The minimum Gasteiger partial charge on any atom is -0.275 e. The maximum Gasteiger partial charge on any atom is 0.453 e. The molecule has 0 radical (unpaired) electrons. The lowest BCUT2D eigenvalue weighted by atomic mass is 10.0. The number of hydrogen-bond acceptors (Lipinski definition) is 1. The van der Waals surface area contributed by atoms with Crippen LogP contribution in [-0.2, 0) is 0 Å². The Labute approximate surface area is 106 Å². The van der Waals surface area contributed by atoms with Gasteiger partial charge in [-0.05, 0) is 0 Å². The molecule has 0 spiro atoms. The van der Waals surface area contributed by atoms with Crippen LogP contribution in [0.5, 0.6) is 0 Å². The Morgan fingerprint density at radius 2 is 1.28 bits per heavy atom. The van der Waals surface area contributed by atoms with E-state index in [1.807, 2.05) is 60.7 Å². The van der Waals surface area contributed by atoms with Gasteiger partial charge in [0.25, 0.3) is 0 Å². The van der Waals surface area contributed by atoms with Gasteiger partial charge in [-0.15, -0.1) is 0 Å². The predicted octanol–water partition coefficient (Wildman–Crippen LogP) is 0.369. The molecule has 0 heterocycles. The maximum absolute atomic E-state index is 5.64. The largest absolute Gasteiger partial charge is 0.453 e. The van der Waals surface area contributed by atoms with E-state index in [0.717, 1.165) is 16.8 Å². The van der Waals surface area contributed by atoms with Crippen molar-refractivity contribution < 1.29 is 0 Å². The smallest absolute Gasteiger partial charge is 0.275 e. The maximum atomic E-state index is 5.64. The third kappa shape index (κ3) is 2.77. The van der Waals surface area contributed by atoms with E-state index in [4.69, 9.17) is 11.6 Å². The number of hydrazine groups is 1. The molecule has 18 heavy (non-hydrogen) atoms. The predicted molar refractivity (Wildman–Crippen MR) is 74.7 cm³/mol. The van der Waals surface area contributed by atoms with Gasteiger partial charge in [0.15, 0.2) is 0 Å². The standard InChI is InChI=1S/C14H14N4/c15-14(18-16)17-13(11-7-3-1-4-8-11)12-9-5-2-6-10-12/h1-10H,16H2,(H2,15,18)/p+1. The number of guanidine groups is 1. The van der Waals surface area contributed by atoms with Crippen LogP contribution < -0.4 is 21.7 Å². The Hall–Kier alpha value is -2.55. The van der Waals surface area contributed by atoms with Crippen LogP contribution in [0.15, 0.2) is 60.7 Å². The second kappa shape index (κ2) is 5.68. The van der Waals surface area contributed by atoms with Crippen molar-refractivity contribution in [2.24, 2.45) is 11.6 Å². The van der Waals surface area contributed by atoms with Crippen molar-refractivity contribution in [2.45, 2.75) is 0 Å². The van der Waals surface area contributed by atoms with Crippen LogP contribution in [0, 0.1) is 0 Å². The SMILES string of the molecule is NNC(N)=[N+]=C(c1ccccc1)c1ccccc1. The third-order valence-corrected chi connectivity index (χ3v) is 2.47. The molecule has 0 saturated carbocycles. The van der Waals surface area contributed by atoms with Crippen LogP contribution in [0.3, 0.4) is 0 Å². The fraction of sp³-hybridized carbons (Fsp3) is 0. The van der Waals surface area contributed by atoms with Crippen molar-refractivity contribution in [2.75, 3.05) is 0 Å². The Morgan fingerprint density at radius 1 is 0.833 bits per heavy atom. The fourth-order valence-corrected chi connectivity index (χ4v) is 1.64. The summed E-state index contributed by atoms with van der Waals surface area (Å²) in [6.07, 6.45) is 0. The molecule has 0 unspecified atom stereocenters. The number of nitrogens with two attached hydrogens (primary N) is 2. The Balaban J connectivity index is 2.60. The van der Waals surface area contributed by atoms with Crippen LogP contribution in [0.1, 0.15) is 11.1 Å². The van der Waals surface area contributed by atoms with Gasteiger partial charge in [0.2, 0.25) is 5.71 Å². The molecule has 0 atom stereocenters. The molecule has 0 saturated heterocycles. The minimum atomic E-state index is 0.178. The van der Waals surface area contributed by atoms with Gasteiger partial charge in [0, 0.05) is 11.1 Å². The molecule has 0 aromatic heterocycles. The number of hydrogen-bond donors (Lipinski definition) is 3. The lowest BCUT2D eigenvalue weighted by Crippen LogP contribution is -2.39. The van der Waals surface area contributed by atoms with Crippen molar-refractivity contribution in [3.63, 3.8) is 0 Å². The van der Waals surface area contributed by atoms with Crippen LogP contribution >= 0.6 is 0 Å². The first-order valence-corrected chi connectivity index (χ1v) is 5.60. The molecule has 0 aliphatic heterocycles. The summed E-state index contributed by atoms with van der Waals surface area (Å²) in [6, 6.07) is 19.7. The number of nitrogens with one attached hydrogen (secondary N) is 1. The minimum absolute atomic E-state index is 0.178. The van der Waals surface area contributed by atoms with Crippen molar-refractivity contribution in [1.82, 2.24) is 10.1 Å². The number of rotatable bonds is 2. The number of benzene rings is 2. The summed E-state index contributed by atoms with van der Waals surface area (Å²) in [5.74, 6) is 5.44. The van der Waals surface area contributed by atoms with E-state index in [1.54, 1.807) is 0 Å². The first-order valence-electron chi connectivity index (χ1n) is 5.60. The zero-order valence-corrected chi connectivity index (χ0v) is 9.88. The molecule has 90 valence electrons. The van der Waals surface area contributed by atoms with Crippen molar-refractivity contribution in [3.05, 3.63) is 71.8 Å².